The van der Waals surface area contributed by atoms with Crippen molar-refractivity contribution in [2.75, 3.05) is 31.9 Å². The van der Waals surface area contributed by atoms with Crippen LogP contribution in [0.3, 0.4) is 0 Å². The van der Waals surface area contributed by atoms with E-state index < -0.39 is 0 Å². The third-order valence-electron chi connectivity index (χ3n) is 6.39. The van der Waals surface area contributed by atoms with Gasteiger partial charge in [-0.2, -0.15) is 0 Å². The Balaban J connectivity index is 1.21. The molecule has 0 radical (unpaired) electrons. The fourth-order valence-corrected chi connectivity index (χ4v) is 5.25. The number of fused-ring (bicyclic) bond motifs is 1. The highest BCUT2D eigenvalue weighted by Gasteiger charge is 2.29. The molecule has 2 heterocycles. The molecule has 0 bridgehead atoms. The largest absolute Gasteiger partial charge is 0.339 e. The smallest absolute Gasteiger partial charge is 0.262 e. The van der Waals surface area contributed by atoms with Crippen molar-refractivity contribution >= 4 is 28.6 Å². The summed E-state index contributed by atoms with van der Waals surface area (Å²) in [6, 6.07) is 16.2. The first-order valence-electron chi connectivity index (χ1n) is 11.3. The number of amides is 1. The van der Waals surface area contributed by atoms with Crippen LogP contribution in [-0.2, 0) is 11.3 Å². The molecule has 1 saturated heterocycles. The molecule has 2 fully saturated rings. The Morgan fingerprint density at radius 1 is 1.03 bits per heavy atom. The van der Waals surface area contributed by atoms with Crippen LogP contribution in [0.2, 0.25) is 0 Å². The summed E-state index contributed by atoms with van der Waals surface area (Å²) < 4.78 is 1.81. The fourth-order valence-electron chi connectivity index (χ4n) is 4.28. The van der Waals surface area contributed by atoms with Crippen molar-refractivity contribution in [1.82, 2.24) is 19.4 Å². The molecule has 6 nitrogen and oxygen atoms in total. The molecular weight excluding hydrogens is 420 g/mol. The second kappa shape index (κ2) is 9.08. The summed E-state index contributed by atoms with van der Waals surface area (Å²) in [5.41, 5.74) is 3.38. The molecule has 1 aliphatic heterocycles. The van der Waals surface area contributed by atoms with E-state index in [0.29, 0.717) is 21.8 Å². The maximum atomic E-state index is 13.0. The van der Waals surface area contributed by atoms with Crippen molar-refractivity contribution in [3.05, 3.63) is 70.0 Å². The van der Waals surface area contributed by atoms with Gasteiger partial charge in [0.15, 0.2) is 5.16 Å². The second-order valence-electron chi connectivity index (χ2n) is 8.69. The van der Waals surface area contributed by atoms with Crippen LogP contribution in [0.15, 0.2) is 58.5 Å². The Morgan fingerprint density at radius 3 is 2.50 bits per heavy atom. The third kappa shape index (κ3) is 4.45. The third-order valence-corrected chi connectivity index (χ3v) is 7.33. The fraction of sp³-hybridized carbons (Fsp3) is 0.400. The number of nitrogens with zero attached hydrogens (tertiary/aromatic N) is 4. The molecule has 1 aromatic heterocycles. The molecule has 2 aliphatic rings. The molecule has 0 atom stereocenters. The number of thioether (sulfide) groups is 1. The summed E-state index contributed by atoms with van der Waals surface area (Å²) in [6.07, 6.45) is 2.01. The van der Waals surface area contributed by atoms with Gasteiger partial charge in [0, 0.05) is 38.8 Å². The van der Waals surface area contributed by atoms with Gasteiger partial charge in [0.2, 0.25) is 5.91 Å². The van der Waals surface area contributed by atoms with Gasteiger partial charge in [-0.05, 0) is 43.0 Å². The van der Waals surface area contributed by atoms with Crippen molar-refractivity contribution < 1.29 is 4.79 Å². The summed E-state index contributed by atoms with van der Waals surface area (Å²) in [5.74, 6) is 0.435. The number of carbonyl (C=O) groups is 1. The topological polar surface area (TPSA) is 58.4 Å². The van der Waals surface area contributed by atoms with Gasteiger partial charge in [0.05, 0.1) is 16.7 Å². The summed E-state index contributed by atoms with van der Waals surface area (Å²) in [5, 5.41) is 1.32. The highest BCUT2D eigenvalue weighted by atomic mass is 32.2. The van der Waals surface area contributed by atoms with E-state index in [9.17, 15) is 9.59 Å². The lowest BCUT2D eigenvalue weighted by Gasteiger charge is -2.35. The summed E-state index contributed by atoms with van der Waals surface area (Å²) in [6.45, 7) is 6.32. The van der Waals surface area contributed by atoms with Crippen LogP contribution in [-0.4, -0.2) is 57.2 Å². The summed E-state index contributed by atoms with van der Waals surface area (Å²) in [4.78, 5) is 35.0. The van der Waals surface area contributed by atoms with Crippen molar-refractivity contribution in [1.29, 1.82) is 0 Å². The quantitative estimate of drug-likeness (QED) is 0.427. The number of benzene rings is 2. The van der Waals surface area contributed by atoms with E-state index in [-0.39, 0.29) is 17.5 Å². The first-order chi connectivity index (χ1) is 15.6. The number of para-hydroxylation sites is 1. The standard InChI is InChI=1S/C25H28N4O2S/c1-18-6-2-3-7-19(18)16-27-12-14-28(15-13-27)23(30)17-32-25-26-22-9-5-4-8-21(22)24(31)29(25)20-10-11-20/h2-9,20H,10-17H2,1H3. The van der Waals surface area contributed by atoms with Crippen molar-refractivity contribution in [2.24, 2.45) is 0 Å². The Hall–Kier alpha value is -2.64. The molecular formula is C25H28N4O2S. The predicted molar refractivity (Wildman–Crippen MR) is 128 cm³/mol. The lowest BCUT2D eigenvalue weighted by molar-refractivity contribution is -0.130. The summed E-state index contributed by atoms with van der Waals surface area (Å²) >= 11 is 1.40. The first kappa shape index (κ1) is 21.2. The maximum absolute atomic E-state index is 13.0. The average molecular weight is 449 g/mol. The van der Waals surface area contributed by atoms with Crippen LogP contribution < -0.4 is 5.56 Å². The molecule has 0 spiro atoms. The Labute approximate surface area is 192 Å². The van der Waals surface area contributed by atoms with Crippen LogP contribution in [0.5, 0.6) is 0 Å². The number of hydrogen-bond acceptors (Lipinski definition) is 5. The van der Waals surface area contributed by atoms with Gasteiger partial charge in [0.25, 0.3) is 5.56 Å². The molecule has 7 heteroatoms. The van der Waals surface area contributed by atoms with E-state index in [1.807, 2.05) is 29.2 Å². The molecule has 1 aliphatic carbocycles. The Kier molecular flexibility index (Phi) is 6.02. The summed E-state index contributed by atoms with van der Waals surface area (Å²) in [7, 11) is 0. The lowest BCUT2D eigenvalue weighted by atomic mass is 10.1. The van der Waals surface area contributed by atoms with Gasteiger partial charge in [-0.15, -0.1) is 0 Å². The van der Waals surface area contributed by atoms with Gasteiger partial charge >= 0.3 is 0 Å². The molecule has 1 amide bonds. The molecule has 0 unspecified atom stereocenters. The normalized spacial score (nSPS) is 17.1. The second-order valence-corrected chi connectivity index (χ2v) is 9.63. The first-order valence-corrected chi connectivity index (χ1v) is 12.3. The van der Waals surface area contributed by atoms with Crippen LogP contribution in [0, 0.1) is 6.92 Å². The van der Waals surface area contributed by atoms with Crippen LogP contribution in [0.25, 0.3) is 10.9 Å². The highest BCUT2D eigenvalue weighted by Crippen LogP contribution is 2.36. The van der Waals surface area contributed by atoms with E-state index in [2.05, 4.69) is 36.1 Å². The number of piperazine rings is 1. The number of hydrogen-bond donors (Lipinski definition) is 0. The van der Waals surface area contributed by atoms with Gasteiger partial charge in [0.1, 0.15) is 0 Å². The number of carbonyl (C=O) groups excluding carboxylic acids is 1. The number of aryl methyl sites for hydroxylation is 1. The van der Waals surface area contributed by atoms with Crippen LogP contribution >= 0.6 is 11.8 Å². The highest BCUT2D eigenvalue weighted by molar-refractivity contribution is 7.99. The molecule has 0 N–H and O–H groups in total. The minimum absolute atomic E-state index is 0.0119. The lowest BCUT2D eigenvalue weighted by Crippen LogP contribution is -2.48. The van der Waals surface area contributed by atoms with Gasteiger partial charge < -0.3 is 4.90 Å². The van der Waals surface area contributed by atoms with Crippen LogP contribution in [0.1, 0.15) is 30.0 Å². The predicted octanol–water partition coefficient (Wildman–Crippen LogP) is 3.48. The molecule has 2 aromatic carbocycles. The van der Waals surface area contributed by atoms with Crippen molar-refractivity contribution in [3.63, 3.8) is 0 Å². The maximum Gasteiger partial charge on any atom is 0.262 e. The zero-order chi connectivity index (χ0) is 22.1. The molecule has 32 heavy (non-hydrogen) atoms. The van der Waals surface area contributed by atoms with E-state index in [0.717, 1.165) is 45.6 Å². The molecule has 166 valence electrons. The van der Waals surface area contributed by atoms with Gasteiger partial charge in [-0.3, -0.25) is 19.1 Å². The Morgan fingerprint density at radius 2 is 1.75 bits per heavy atom. The van der Waals surface area contributed by atoms with E-state index in [1.54, 1.807) is 4.57 Å². The minimum Gasteiger partial charge on any atom is -0.339 e. The molecule has 3 aromatic rings. The molecule has 1 saturated carbocycles. The zero-order valence-corrected chi connectivity index (χ0v) is 19.2. The SMILES string of the molecule is Cc1ccccc1CN1CCN(C(=O)CSc2nc3ccccc3c(=O)n2C2CC2)CC1. The van der Waals surface area contributed by atoms with Gasteiger partial charge in [-0.1, -0.05) is 48.2 Å². The van der Waals surface area contributed by atoms with E-state index in [4.69, 9.17) is 4.98 Å². The van der Waals surface area contributed by atoms with E-state index in [1.165, 1.54) is 22.9 Å². The van der Waals surface area contributed by atoms with E-state index >= 15 is 0 Å². The molecule has 5 rings (SSSR count). The minimum atomic E-state index is 0.0119. The number of aromatic nitrogens is 2. The average Bonchev–Trinajstić information content (AvgIpc) is 3.65. The van der Waals surface area contributed by atoms with Gasteiger partial charge in [-0.25, -0.2) is 4.98 Å². The van der Waals surface area contributed by atoms with Crippen LogP contribution in [0.4, 0.5) is 0 Å². The zero-order valence-electron chi connectivity index (χ0n) is 18.4. The monoisotopic (exact) mass is 448 g/mol. The van der Waals surface area contributed by atoms with Crippen molar-refractivity contribution in [2.45, 2.75) is 37.5 Å². The van der Waals surface area contributed by atoms with Crippen molar-refractivity contribution in [3.8, 4) is 0 Å². The Bertz CT molecular complexity index is 1200. The number of rotatable bonds is 6.